The summed E-state index contributed by atoms with van der Waals surface area (Å²) in [4.78, 5) is 59.4. The predicted octanol–water partition coefficient (Wildman–Crippen LogP) is -3.35. The molecule has 4 heterocycles. The number of fused-ring (bicyclic) bond motifs is 1. The third-order valence-electron chi connectivity index (χ3n) is 4.79. The van der Waals surface area contributed by atoms with E-state index in [2.05, 4.69) is 15.5 Å². The molecule has 0 aliphatic carbocycles. The SMILES string of the molecule is CO/N=C(\C(=O)N[C@@H]1C(=O)N2C(C(=O)[O-])=C(CSC(=O)c3ccco3)CS[C@H]12)c1csc(N)n1.[Na+]. The third-order valence-corrected chi connectivity index (χ3v) is 7.76. The van der Waals surface area contributed by atoms with E-state index in [9.17, 15) is 24.3 Å². The first-order chi connectivity index (χ1) is 16.3. The number of nitrogen functional groups attached to an aromatic ring is 1. The van der Waals surface area contributed by atoms with Crippen LogP contribution in [0.25, 0.3) is 0 Å². The Hall–Kier alpha value is -2.30. The van der Waals surface area contributed by atoms with Crippen LogP contribution in [0.3, 0.4) is 0 Å². The van der Waals surface area contributed by atoms with Crippen molar-refractivity contribution in [3.63, 3.8) is 0 Å². The number of β-lactam (4-membered cyclic amide) rings is 1. The van der Waals surface area contributed by atoms with E-state index < -0.39 is 29.2 Å². The average Bonchev–Trinajstić information content (AvgIpc) is 3.50. The van der Waals surface area contributed by atoms with Gasteiger partial charge < -0.3 is 30.2 Å². The number of thioether (sulfide) groups is 2. The first kappa shape index (κ1) is 27.3. The van der Waals surface area contributed by atoms with Crippen molar-refractivity contribution in [1.29, 1.82) is 0 Å². The summed E-state index contributed by atoms with van der Waals surface area (Å²) in [5, 5.41) is 18.8. The number of nitrogens with zero attached hydrogens (tertiary/aromatic N) is 3. The second-order valence-electron chi connectivity index (χ2n) is 6.85. The number of carboxylic acids is 1. The van der Waals surface area contributed by atoms with Gasteiger partial charge in [-0.1, -0.05) is 16.9 Å². The number of nitrogens with one attached hydrogen (secondary N) is 1. The van der Waals surface area contributed by atoms with Gasteiger partial charge in [0.15, 0.2) is 16.6 Å². The molecule has 2 amide bonds. The molecular weight excluding hydrogens is 529 g/mol. The Morgan fingerprint density at radius 2 is 2.23 bits per heavy atom. The van der Waals surface area contributed by atoms with Crippen LogP contribution in [0.5, 0.6) is 0 Å². The van der Waals surface area contributed by atoms with E-state index >= 15 is 0 Å². The molecule has 12 nitrogen and oxygen atoms in total. The third kappa shape index (κ3) is 5.59. The molecule has 3 N–H and O–H groups in total. The second-order valence-corrected chi connectivity index (χ2v) is 9.79. The van der Waals surface area contributed by atoms with Gasteiger partial charge in [-0.3, -0.25) is 19.3 Å². The maximum absolute atomic E-state index is 12.8. The molecule has 0 unspecified atom stereocenters. The quantitative estimate of drug-likeness (QED) is 0.146. The van der Waals surface area contributed by atoms with Crippen molar-refractivity contribution in [1.82, 2.24) is 15.2 Å². The molecule has 1 fully saturated rings. The van der Waals surface area contributed by atoms with Gasteiger partial charge in [0, 0.05) is 16.9 Å². The molecule has 2 aliphatic heterocycles. The molecule has 35 heavy (non-hydrogen) atoms. The number of amides is 2. The number of nitrogens with two attached hydrogens (primary N) is 1. The van der Waals surface area contributed by atoms with Crippen molar-refractivity contribution in [3.05, 3.63) is 46.5 Å². The average molecular weight is 546 g/mol. The zero-order chi connectivity index (χ0) is 24.4. The molecule has 178 valence electrons. The molecule has 2 aromatic rings. The fourth-order valence-corrected chi connectivity index (χ4v) is 6.13. The maximum Gasteiger partial charge on any atom is 1.00 e. The number of anilines is 1. The van der Waals surface area contributed by atoms with Gasteiger partial charge in [-0.05, 0) is 17.7 Å². The van der Waals surface area contributed by atoms with Gasteiger partial charge in [-0.25, -0.2) is 4.98 Å². The van der Waals surface area contributed by atoms with Gasteiger partial charge in [0.05, 0.1) is 17.9 Å². The smallest absolute Gasteiger partial charge is 0.543 e. The van der Waals surface area contributed by atoms with Crippen molar-refractivity contribution in [3.8, 4) is 0 Å². The number of hydrogen-bond acceptors (Lipinski definition) is 13. The largest absolute Gasteiger partial charge is 1.00 e. The number of furan rings is 1. The van der Waals surface area contributed by atoms with Crippen molar-refractivity contribution in [2.45, 2.75) is 11.4 Å². The van der Waals surface area contributed by atoms with E-state index in [0.717, 1.165) is 28.0 Å². The zero-order valence-electron chi connectivity index (χ0n) is 18.4. The summed E-state index contributed by atoms with van der Waals surface area (Å²) in [6.45, 7) is 0. The van der Waals surface area contributed by atoms with Gasteiger partial charge in [-0.15, -0.1) is 23.1 Å². The van der Waals surface area contributed by atoms with Crippen LogP contribution in [0.2, 0.25) is 0 Å². The summed E-state index contributed by atoms with van der Waals surface area (Å²) in [5.74, 6) is -2.48. The number of aliphatic carboxylic acids is 1. The number of hydrogen-bond donors (Lipinski definition) is 2. The maximum atomic E-state index is 12.8. The molecule has 2 atom stereocenters. The van der Waals surface area contributed by atoms with Crippen LogP contribution in [0.4, 0.5) is 5.13 Å². The van der Waals surface area contributed by atoms with Crippen LogP contribution >= 0.6 is 34.9 Å². The Morgan fingerprint density at radius 3 is 2.83 bits per heavy atom. The molecule has 0 radical (unpaired) electrons. The Morgan fingerprint density at radius 1 is 1.46 bits per heavy atom. The Bertz CT molecular complexity index is 1210. The van der Waals surface area contributed by atoms with Gasteiger partial charge in [0.1, 0.15) is 24.2 Å². The molecule has 0 bridgehead atoms. The molecule has 2 aliphatic rings. The number of aromatic nitrogens is 1. The molecule has 1 saturated heterocycles. The van der Waals surface area contributed by atoms with E-state index in [1.807, 2.05) is 0 Å². The number of carbonyl (C=O) groups is 4. The van der Waals surface area contributed by atoms with Crippen LogP contribution in [-0.2, 0) is 19.2 Å². The number of carboxylic acid groups (broad SMARTS) is 1. The number of oxime groups is 1. The zero-order valence-corrected chi connectivity index (χ0v) is 22.8. The standard InChI is InChI=1S/C19H17N5O7S3.Na/c1-30-23-11(9-7-34-19(20)21-9)14(25)22-12-15(26)24-13(17(27)28)8(5-32-16(12)24)6-33-18(29)10-3-2-4-31-10;/h2-4,7,12,16H,5-6H2,1H3,(H2,20,21)(H,22,25)(H,27,28);/q;+1/p-1/b23-11-;/t12-,16-;/m1./s1. The molecule has 16 heteroatoms. The van der Waals surface area contributed by atoms with E-state index in [-0.39, 0.29) is 74.2 Å². The van der Waals surface area contributed by atoms with E-state index in [1.54, 1.807) is 6.07 Å². The van der Waals surface area contributed by atoms with Gasteiger partial charge >= 0.3 is 29.6 Å². The first-order valence-electron chi connectivity index (χ1n) is 9.53. The van der Waals surface area contributed by atoms with Crippen molar-refractivity contribution in [2.75, 3.05) is 24.3 Å². The molecule has 4 rings (SSSR count). The van der Waals surface area contributed by atoms with Crippen LogP contribution in [-0.4, -0.2) is 68.5 Å². The van der Waals surface area contributed by atoms with Crippen LogP contribution in [0.1, 0.15) is 16.2 Å². The van der Waals surface area contributed by atoms with Gasteiger partial charge in [-0.2, -0.15) is 0 Å². The predicted molar refractivity (Wildman–Crippen MR) is 123 cm³/mol. The summed E-state index contributed by atoms with van der Waals surface area (Å²) in [6.07, 6.45) is 1.36. The minimum atomic E-state index is -1.54. The fourth-order valence-electron chi connectivity index (χ4n) is 3.30. The van der Waals surface area contributed by atoms with Crippen molar-refractivity contribution < 1.29 is 63.1 Å². The van der Waals surface area contributed by atoms with Gasteiger partial charge in [0.2, 0.25) is 0 Å². The Kier molecular flexibility index (Phi) is 9.06. The van der Waals surface area contributed by atoms with Gasteiger partial charge in [0.25, 0.3) is 16.9 Å². The topological polar surface area (TPSA) is 180 Å². The normalized spacial score (nSPS) is 19.4. The van der Waals surface area contributed by atoms with Crippen LogP contribution in [0.15, 0.2) is 44.6 Å². The van der Waals surface area contributed by atoms with E-state index in [1.165, 1.54) is 36.6 Å². The van der Waals surface area contributed by atoms with Crippen molar-refractivity contribution >= 4 is 68.6 Å². The monoisotopic (exact) mass is 545 g/mol. The molecule has 0 spiro atoms. The fraction of sp³-hybridized carbons (Fsp3) is 0.263. The van der Waals surface area contributed by atoms with Crippen LogP contribution < -0.4 is 45.7 Å². The number of carbonyl (C=O) groups excluding carboxylic acids is 4. The van der Waals surface area contributed by atoms with E-state index in [4.69, 9.17) is 15.0 Å². The summed E-state index contributed by atoms with van der Waals surface area (Å²) >= 11 is 3.22. The molecule has 0 saturated carbocycles. The summed E-state index contributed by atoms with van der Waals surface area (Å²) in [5.41, 5.74) is 5.68. The summed E-state index contributed by atoms with van der Waals surface area (Å²) in [6, 6.07) is 2.08. The first-order valence-corrected chi connectivity index (χ1v) is 12.4. The van der Waals surface area contributed by atoms with Crippen LogP contribution in [0, 0.1) is 0 Å². The minimum absolute atomic E-state index is 0. The number of thiazole rings is 1. The Labute approximate surface area is 233 Å². The molecule has 0 aromatic carbocycles. The second kappa shape index (κ2) is 11.6. The molecule has 2 aromatic heterocycles. The summed E-state index contributed by atoms with van der Waals surface area (Å²) < 4.78 is 5.04. The minimum Gasteiger partial charge on any atom is -0.543 e. The summed E-state index contributed by atoms with van der Waals surface area (Å²) in [7, 11) is 1.25. The van der Waals surface area contributed by atoms with E-state index in [0.29, 0.717) is 5.57 Å². The Balaban J connectivity index is 0.00000342. The number of rotatable bonds is 8. The van der Waals surface area contributed by atoms with Crippen molar-refractivity contribution in [2.24, 2.45) is 5.16 Å². The molecular formula is C19H16N5NaO7S3.